The molecule has 2 aliphatic rings. The molecule has 2 aromatic heterocycles. The zero-order valence-corrected chi connectivity index (χ0v) is 16.4. The number of aromatic nitrogens is 5. The molecular weight excluding hydrogens is 418 g/mol. The van der Waals surface area contributed by atoms with Crippen molar-refractivity contribution in [3.8, 4) is 5.82 Å². The number of nitrogens with one attached hydrogen (secondary N) is 1. The van der Waals surface area contributed by atoms with Crippen LogP contribution in [0, 0.1) is 5.92 Å². The molecule has 1 aliphatic carbocycles. The highest BCUT2D eigenvalue weighted by atomic mass is 19.3. The van der Waals surface area contributed by atoms with Crippen LogP contribution in [0.25, 0.3) is 5.82 Å². The molecule has 0 atom stereocenters. The molecule has 3 heterocycles. The maximum atomic E-state index is 13.9. The first kappa shape index (κ1) is 13.0. The van der Waals surface area contributed by atoms with Gasteiger partial charge in [0.15, 0.2) is 5.82 Å². The number of hydrogen-bond donors (Lipinski definition) is 1. The van der Waals surface area contributed by atoms with E-state index in [4.69, 9.17) is 11.0 Å². The molecule has 168 valence electrons. The number of piperazine rings is 1. The minimum atomic E-state index is -3.41. The molecule has 9 nitrogen and oxygen atoms in total. The molecule has 1 N–H and O–H groups in total. The smallest absolute Gasteiger partial charge is 0.263 e. The number of nitrogens with zero attached hydrogens (tertiary/aromatic N) is 7. The summed E-state index contributed by atoms with van der Waals surface area (Å²) in [4.78, 5) is 25.0. The Morgan fingerprint density at radius 3 is 2.66 bits per heavy atom. The summed E-state index contributed by atoms with van der Waals surface area (Å²) in [7, 11) is 0. The second-order valence-electron chi connectivity index (χ2n) is 7.05. The van der Waals surface area contributed by atoms with Gasteiger partial charge in [0.05, 0.1) is 17.2 Å². The van der Waals surface area contributed by atoms with Crippen molar-refractivity contribution in [3.63, 3.8) is 0 Å². The van der Waals surface area contributed by atoms with E-state index in [-0.39, 0.29) is 22.9 Å². The second kappa shape index (κ2) is 8.48. The summed E-state index contributed by atoms with van der Waals surface area (Å²) in [6, 6.07) is 2.76. The van der Waals surface area contributed by atoms with Crippen LogP contribution in [0.2, 0.25) is 0 Å². The number of halogens is 2. The van der Waals surface area contributed by atoms with Gasteiger partial charge in [0.1, 0.15) is 6.33 Å². The first-order valence-corrected chi connectivity index (χ1v) is 9.62. The summed E-state index contributed by atoms with van der Waals surface area (Å²) in [6.45, 7) is -13.6. The molecule has 1 saturated carbocycles. The summed E-state index contributed by atoms with van der Waals surface area (Å²) >= 11 is 0. The lowest BCUT2D eigenvalue weighted by molar-refractivity contribution is -0.132. The van der Waals surface area contributed by atoms with Gasteiger partial charge in [-0.05, 0) is 31.0 Å². The normalized spacial score (nSPS) is 26.5. The lowest BCUT2D eigenvalue weighted by Gasteiger charge is -2.36. The topological polar surface area (TPSA) is 92.1 Å². The van der Waals surface area contributed by atoms with Crippen LogP contribution in [0.15, 0.2) is 43.1 Å². The fraction of sp³-hybridized carbons (Fsp3) is 0.381. The first-order valence-electron chi connectivity index (χ1n) is 13.6. The van der Waals surface area contributed by atoms with E-state index in [1.54, 1.807) is 0 Å². The molecule has 11 heteroatoms. The molecule has 3 aromatic rings. The molecule has 32 heavy (non-hydrogen) atoms. The van der Waals surface area contributed by atoms with E-state index in [0.29, 0.717) is 18.7 Å². The lowest BCUT2D eigenvalue weighted by atomic mass is 10.1. The van der Waals surface area contributed by atoms with Crippen LogP contribution in [0.5, 0.6) is 0 Å². The highest BCUT2D eigenvalue weighted by molar-refractivity contribution is 5.81. The van der Waals surface area contributed by atoms with Crippen molar-refractivity contribution in [2.75, 3.05) is 36.2 Å². The maximum Gasteiger partial charge on any atom is 0.263 e. The number of hydrogen-bond acceptors (Lipinski definition) is 7. The Hall–Kier alpha value is -3.63. The molecule has 0 unspecified atom stereocenters. The highest BCUT2D eigenvalue weighted by Gasteiger charge is 2.34. The fourth-order valence-electron chi connectivity index (χ4n) is 2.94. The van der Waals surface area contributed by atoms with Gasteiger partial charge in [0, 0.05) is 62.7 Å². The van der Waals surface area contributed by atoms with Crippen molar-refractivity contribution in [1.82, 2.24) is 29.6 Å². The summed E-state index contributed by atoms with van der Waals surface area (Å²) < 4.78 is 97.2. The number of anilines is 3. The standard InChI is InChI=1S/C21H22F2N8O.H2/c22-19(23)15-9-16(27-21-26-13-31(28-21)18-12-24-3-4-25-18)11-17(10-15)29-5-7-30(8-6-29)20(32)14-1-2-14;/h3-4,9-14,19H,1-2,5-8H2,(H,27,28);1H/i5D2,6D2,7D2,8D2;. The van der Waals surface area contributed by atoms with Gasteiger partial charge in [-0.25, -0.2) is 13.8 Å². The monoisotopic (exact) mass is 450 g/mol. The Morgan fingerprint density at radius 1 is 1.16 bits per heavy atom. The van der Waals surface area contributed by atoms with Crippen molar-refractivity contribution in [3.05, 3.63) is 48.7 Å². The highest BCUT2D eigenvalue weighted by Crippen LogP contribution is 2.33. The van der Waals surface area contributed by atoms with Gasteiger partial charge in [0.2, 0.25) is 11.9 Å². The van der Waals surface area contributed by atoms with Crippen molar-refractivity contribution in [2.24, 2.45) is 5.92 Å². The van der Waals surface area contributed by atoms with Gasteiger partial charge < -0.3 is 15.1 Å². The Kier molecular flexibility index (Phi) is 3.46. The second-order valence-corrected chi connectivity index (χ2v) is 7.05. The predicted octanol–water partition coefficient (Wildman–Crippen LogP) is 3.04. The largest absolute Gasteiger partial charge is 0.368 e. The summed E-state index contributed by atoms with van der Waals surface area (Å²) in [6.07, 6.45) is 3.08. The average Bonchev–Trinajstić information content (AvgIpc) is 3.62. The van der Waals surface area contributed by atoms with Crippen LogP contribution >= 0.6 is 0 Å². The van der Waals surface area contributed by atoms with E-state index in [0.717, 1.165) is 18.2 Å². The van der Waals surface area contributed by atoms with Gasteiger partial charge in [-0.1, -0.05) is 0 Å². The summed E-state index contributed by atoms with van der Waals surface area (Å²) in [5.41, 5.74) is -1.44. The first-order chi connectivity index (χ1) is 18.6. The number of alkyl halides is 2. The van der Waals surface area contributed by atoms with Crippen LogP contribution in [0.3, 0.4) is 0 Å². The van der Waals surface area contributed by atoms with E-state index >= 15 is 0 Å². The SMILES string of the molecule is [2H]C1([2H])N(C(=O)C2CC2)C([2H])([2H])C([2H])([2H])N(c2cc(Nc3ncn(-c4cnccn4)n3)cc(C(F)F)c2)C1([2H])[2H].[HH]. The molecule has 1 amide bonds. The number of carbonyl (C=O) groups excluding carboxylic acids is 1. The molecule has 0 bridgehead atoms. The Bertz CT molecular complexity index is 1410. The molecule has 1 saturated heterocycles. The predicted molar refractivity (Wildman–Crippen MR) is 115 cm³/mol. The average molecular weight is 451 g/mol. The zero-order chi connectivity index (χ0) is 29.3. The molecule has 1 aliphatic heterocycles. The minimum Gasteiger partial charge on any atom is -0.368 e. The molecule has 5 rings (SSSR count). The van der Waals surface area contributed by atoms with E-state index in [2.05, 4.69) is 25.4 Å². The van der Waals surface area contributed by atoms with E-state index in [1.807, 2.05) is 0 Å². The van der Waals surface area contributed by atoms with Gasteiger partial charge in [0.25, 0.3) is 6.43 Å². The van der Waals surface area contributed by atoms with E-state index in [9.17, 15) is 13.6 Å². The van der Waals surface area contributed by atoms with E-state index in [1.165, 1.54) is 29.6 Å². The van der Waals surface area contributed by atoms with Crippen molar-refractivity contribution < 1.29 is 26.0 Å². The molecule has 0 radical (unpaired) electrons. The fourth-order valence-corrected chi connectivity index (χ4v) is 2.94. The number of carbonyl (C=O) groups is 1. The van der Waals surface area contributed by atoms with Crippen LogP contribution in [-0.4, -0.2) is 61.5 Å². The number of benzene rings is 1. The van der Waals surface area contributed by atoms with Crippen molar-refractivity contribution in [1.29, 1.82) is 0 Å². The molecular formula is C21H24F2N8O. The van der Waals surface area contributed by atoms with Gasteiger partial charge in [-0.15, -0.1) is 5.10 Å². The molecule has 0 spiro atoms. The molecule has 2 fully saturated rings. The van der Waals surface area contributed by atoms with Gasteiger partial charge >= 0.3 is 0 Å². The van der Waals surface area contributed by atoms with Gasteiger partial charge in [-0.3, -0.25) is 9.78 Å². The lowest BCUT2D eigenvalue weighted by Crippen LogP contribution is -2.49. The van der Waals surface area contributed by atoms with Crippen LogP contribution in [0.1, 0.15) is 37.2 Å². The van der Waals surface area contributed by atoms with Crippen molar-refractivity contribution in [2.45, 2.75) is 19.3 Å². The van der Waals surface area contributed by atoms with Crippen LogP contribution in [0.4, 0.5) is 26.1 Å². The maximum absolute atomic E-state index is 13.9. The summed E-state index contributed by atoms with van der Waals surface area (Å²) in [5, 5.41) is 6.79. The van der Waals surface area contributed by atoms with Crippen LogP contribution in [-0.2, 0) is 4.79 Å². The molecule has 1 aromatic carbocycles. The zero-order valence-electron chi connectivity index (χ0n) is 24.4. The third-order valence-corrected chi connectivity index (χ3v) is 4.68. The number of rotatable bonds is 6. The van der Waals surface area contributed by atoms with E-state index < -0.39 is 55.5 Å². The van der Waals surface area contributed by atoms with Gasteiger partial charge in [-0.2, -0.15) is 9.67 Å². The third-order valence-electron chi connectivity index (χ3n) is 4.68. The minimum absolute atomic E-state index is 0. The summed E-state index contributed by atoms with van der Waals surface area (Å²) in [5.74, 6) is -1.61. The van der Waals surface area contributed by atoms with Crippen LogP contribution < -0.4 is 10.2 Å². The Balaban J connectivity index is 0.00000387. The quantitative estimate of drug-likeness (QED) is 0.617. The number of amides is 1. The Labute approximate surface area is 195 Å². The Morgan fingerprint density at radius 2 is 1.97 bits per heavy atom. The third kappa shape index (κ3) is 4.36. The van der Waals surface area contributed by atoms with Crippen molar-refractivity contribution >= 4 is 23.2 Å².